The highest BCUT2D eigenvalue weighted by Crippen LogP contribution is 2.19. The van der Waals surface area contributed by atoms with Gasteiger partial charge in [0, 0.05) is 39.3 Å². The van der Waals surface area contributed by atoms with E-state index < -0.39 is 12.7 Å². The van der Waals surface area contributed by atoms with Gasteiger partial charge in [0.05, 0.1) is 12.6 Å². The minimum Gasteiger partial charge on any atom is -0.435 e. The molecule has 0 saturated carbocycles. The van der Waals surface area contributed by atoms with Crippen molar-refractivity contribution in [2.75, 3.05) is 59.4 Å². The van der Waals surface area contributed by atoms with Crippen LogP contribution in [0.1, 0.15) is 31.4 Å². The standard InChI is InChI=1S/C21H35F2N5O2/c1-3-24-21(25-10-4-5-11-28-14-12-27(2)13-15-28)26-16-19(29)17-6-8-18(9-7-17)30-20(22)23/h6-9,19-20,29H,3-5,10-16H2,1-2H3,(H2,24,25,26). The molecule has 1 aliphatic rings. The number of alkyl halides is 2. The number of nitrogens with zero attached hydrogens (tertiary/aromatic N) is 3. The average Bonchev–Trinajstić information content (AvgIpc) is 2.73. The molecule has 0 bridgehead atoms. The van der Waals surface area contributed by atoms with Gasteiger partial charge in [-0.05, 0) is 51.1 Å². The molecule has 0 radical (unpaired) electrons. The molecule has 0 aromatic heterocycles. The molecule has 9 heteroatoms. The van der Waals surface area contributed by atoms with E-state index in [4.69, 9.17) is 0 Å². The zero-order chi connectivity index (χ0) is 21.8. The maximum atomic E-state index is 12.2. The molecule has 1 aliphatic heterocycles. The number of ether oxygens (including phenoxy) is 1. The van der Waals surface area contributed by atoms with Crippen LogP contribution in [0.5, 0.6) is 5.75 Å². The van der Waals surface area contributed by atoms with Crippen molar-refractivity contribution in [3.8, 4) is 5.75 Å². The van der Waals surface area contributed by atoms with E-state index >= 15 is 0 Å². The van der Waals surface area contributed by atoms with Crippen LogP contribution in [0.2, 0.25) is 0 Å². The molecule has 0 spiro atoms. The summed E-state index contributed by atoms with van der Waals surface area (Å²) in [5.74, 6) is 0.727. The summed E-state index contributed by atoms with van der Waals surface area (Å²) < 4.78 is 28.7. The molecule has 1 saturated heterocycles. The van der Waals surface area contributed by atoms with Crippen LogP contribution in [0.4, 0.5) is 8.78 Å². The zero-order valence-corrected chi connectivity index (χ0v) is 18.0. The fourth-order valence-corrected chi connectivity index (χ4v) is 3.24. The van der Waals surface area contributed by atoms with Crippen molar-refractivity contribution >= 4 is 5.96 Å². The van der Waals surface area contributed by atoms with Crippen molar-refractivity contribution in [3.05, 3.63) is 29.8 Å². The second kappa shape index (κ2) is 13.4. The smallest absolute Gasteiger partial charge is 0.387 e. The van der Waals surface area contributed by atoms with Crippen LogP contribution in [0.25, 0.3) is 0 Å². The minimum absolute atomic E-state index is 0.0658. The minimum atomic E-state index is -2.86. The third kappa shape index (κ3) is 9.23. The largest absolute Gasteiger partial charge is 0.435 e. The number of halogens is 2. The van der Waals surface area contributed by atoms with Gasteiger partial charge in [0.15, 0.2) is 5.96 Å². The lowest BCUT2D eigenvalue weighted by molar-refractivity contribution is -0.0498. The summed E-state index contributed by atoms with van der Waals surface area (Å²) in [6.45, 7) is 6.52. The Bertz CT molecular complexity index is 622. The number of aliphatic imine (C=N–C) groups is 1. The third-order valence-electron chi connectivity index (χ3n) is 5.05. The lowest BCUT2D eigenvalue weighted by Gasteiger charge is -2.32. The Kier molecular flexibility index (Phi) is 10.8. The highest BCUT2D eigenvalue weighted by atomic mass is 19.3. The maximum Gasteiger partial charge on any atom is 0.387 e. The monoisotopic (exact) mass is 427 g/mol. The van der Waals surface area contributed by atoms with Gasteiger partial charge >= 0.3 is 6.61 Å². The topological polar surface area (TPSA) is 72.4 Å². The predicted octanol–water partition coefficient (Wildman–Crippen LogP) is 1.90. The van der Waals surface area contributed by atoms with Gasteiger partial charge in [-0.3, -0.25) is 4.99 Å². The molecule has 2 rings (SSSR count). The number of unbranched alkanes of at least 4 members (excludes halogenated alkanes) is 1. The normalized spacial score (nSPS) is 17.2. The van der Waals surface area contributed by atoms with E-state index in [0.29, 0.717) is 11.5 Å². The molecule has 1 fully saturated rings. The number of guanidine groups is 1. The van der Waals surface area contributed by atoms with Crippen LogP contribution in [0.3, 0.4) is 0 Å². The number of aliphatic hydroxyl groups is 1. The summed E-state index contributed by atoms with van der Waals surface area (Å²) in [4.78, 5) is 9.30. The first-order valence-electron chi connectivity index (χ1n) is 10.6. The Morgan fingerprint density at radius 2 is 1.83 bits per heavy atom. The van der Waals surface area contributed by atoms with Crippen LogP contribution < -0.4 is 15.4 Å². The molecular weight excluding hydrogens is 392 g/mol. The van der Waals surface area contributed by atoms with Gasteiger partial charge in [-0.1, -0.05) is 12.1 Å². The lowest BCUT2D eigenvalue weighted by Crippen LogP contribution is -2.44. The van der Waals surface area contributed by atoms with E-state index in [9.17, 15) is 13.9 Å². The number of hydrogen-bond acceptors (Lipinski definition) is 5. The first kappa shape index (κ1) is 24.3. The molecule has 1 heterocycles. The van der Waals surface area contributed by atoms with Crippen LogP contribution in [0, 0.1) is 0 Å². The molecule has 30 heavy (non-hydrogen) atoms. The van der Waals surface area contributed by atoms with E-state index in [2.05, 4.69) is 37.2 Å². The number of likely N-dealkylation sites (N-methyl/N-ethyl adjacent to an activating group) is 1. The van der Waals surface area contributed by atoms with Gasteiger partial charge < -0.3 is 30.3 Å². The predicted molar refractivity (Wildman–Crippen MR) is 115 cm³/mol. The van der Waals surface area contributed by atoms with E-state index in [1.807, 2.05) is 6.92 Å². The Hall–Kier alpha value is -1.97. The molecule has 3 N–H and O–H groups in total. The molecular formula is C21H35F2N5O2. The molecule has 1 aromatic carbocycles. The van der Waals surface area contributed by atoms with Crippen molar-refractivity contribution in [1.82, 2.24) is 20.4 Å². The van der Waals surface area contributed by atoms with Crippen LogP contribution in [-0.2, 0) is 0 Å². The highest BCUT2D eigenvalue weighted by molar-refractivity contribution is 5.79. The molecule has 0 aliphatic carbocycles. The second-order valence-electron chi connectivity index (χ2n) is 7.46. The summed E-state index contributed by atoms with van der Waals surface area (Å²) in [6.07, 6.45) is 1.36. The fraction of sp³-hybridized carbons (Fsp3) is 0.667. The lowest BCUT2D eigenvalue weighted by atomic mass is 10.1. The van der Waals surface area contributed by atoms with Crippen molar-refractivity contribution < 1.29 is 18.6 Å². The molecule has 1 aromatic rings. The quantitative estimate of drug-likeness (QED) is 0.285. The number of aliphatic hydroxyl groups excluding tert-OH is 1. The molecule has 1 atom stereocenters. The Morgan fingerprint density at radius 3 is 2.47 bits per heavy atom. The summed E-state index contributed by atoms with van der Waals surface area (Å²) in [5.41, 5.74) is 0.600. The van der Waals surface area contributed by atoms with E-state index in [1.165, 1.54) is 12.1 Å². The second-order valence-corrected chi connectivity index (χ2v) is 7.46. The average molecular weight is 428 g/mol. The van der Waals surface area contributed by atoms with Crippen molar-refractivity contribution in [3.63, 3.8) is 0 Å². The van der Waals surface area contributed by atoms with E-state index in [-0.39, 0.29) is 12.3 Å². The highest BCUT2D eigenvalue weighted by Gasteiger charge is 2.13. The number of benzene rings is 1. The Morgan fingerprint density at radius 1 is 1.13 bits per heavy atom. The molecule has 0 amide bonds. The van der Waals surface area contributed by atoms with E-state index in [1.54, 1.807) is 12.1 Å². The van der Waals surface area contributed by atoms with Crippen molar-refractivity contribution in [2.24, 2.45) is 4.99 Å². The van der Waals surface area contributed by atoms with Gasteiger partial charge in [-0.25, -0.2) is 0 Å². The van der Waals surface area contributed by atoms with Crippen LogP contribution >= 0.6 is 0 Å². The zero-order valence-electron chi connectivity index (χ0n) is 18.0. The van der Waals surface area contributed by atoms with Gasteiger partial charge in [0.1, 0.15) is 5.75 Å². The summed E-state index contributed by atoms with van der Waals surface area (Å²) in [5, 5.41) is 16.8. The van der Waals surface area contributed by atoms with Crippen LogP contribution in [-0.4, -0.2) is 86.9 Å². The number of rotatable bonds is 11. The maximum absolute atomic E-state index is 12.2. The first-order chi connectivity index (χ1) is 14.5. The third-order valence-corrected chi connectivity index (χ3v) is 5.05. The van der Waals surface area contributed by atoms with Gasteiger partial charge in [0.2, 0.25) is 0 Å². The SMILES string of the molecule is CCNC(=NCC(O)c1ccc(OC(F)F)cc1)NCCCCN1CCN(C)CC1. The summed E-state index contributed by atoms with van der Waals surface area (Å²) >= 11 is 0. The van der Waals surface area contributed by atoms with Crippen LogP contribution in [0.15, 0.2) is 29.3 Å². The molecule has 1 unspecified atom stereocenters. The molecule has 170 valence electrons. The van der Waals surface area contributed by atoms with Gasteiger partial charge in [0.25, 0.3) is 0 Å². The first-order valence-corrected chi connectivity index (χ1v) is 10.6. The number of piperazine rings is 1. The number of nitrogens with one attached hydrogen (secondary N) is 2. The van der Waals surface area contributed by atoms with Gasteiger partial charge in [-0.2, -0.15) is 8.78 Å². The Labute approximate surface area is 178 Å². The van der Waals surface area contributed by atoms with Crippen molar-refractivity contribution in [2.45, 2.75) is 32.5 Å². The number of hydrogen-bond donors (Lipinski definition) is 3. The Balaban J connectivity index is 1.71. The fourth-order valence-electron chi connectivity index (χ4n) is 3.24. The van der Waals surface area contributed by atoms with Gasteiger partial charge in [-0.15, -0.1) is 0 Å². The van der Waals surface area contributed by atoms with Crippen molar-refractivity contribution in [1.29, 1.82) is 0 Å². The summed E-state index contributed by atoms with van der Waals surface area (Å²) in [7, 11) is 2.16. The van der Waals surface area contributed by atoms with E-state index in [0.717, 1.165) is 58.7 Å². The molecule has 7 nitrogen and oxygen atoms in total. The summed E-state index contributed by atoms with van der Waals surface area (Å²) in [6, 6.07) is 5.96.